The number of rotatable bonds is 4. The Labute approximate surface area is 121 Å². The maximum atomic E-state index is 11.9. The van der Waals surface area contributed by atoms with Gasteiger partial charge in [-0.3, -0.25) is 0 Å². The summed E-state index contributed by atoms with van der Waals surface area (Å²) >= 11 is 0. The molecule has 0 radical (unpaired) electrons. The van der Waals surface area contributed by atoms with E-state index < -0.39 is 5.60 Å². The first-order valence-corrected chi connectivity index (χ1v) is 7.25. The van der Waals surface area contributed by atoms with Gasteiger partial charge < -0.3 is 10.1 Å². The molecular weight excluding hydrogens is 250 g/mol. The minimum Gasteiger partial charge on any atom is -0.456 e. The molecule has 1 aromatic rings. The number of esters is 1. The summed E-state index contributed by atoms with van der Waals surface area (Å²) in [5.74, 6) is 0.162. The molecule has 0 aromatic heterocycles. The fourth-order valence-corrected chi connectivity index (χ4v) is 2.62. The van der Waals surface area contributed by atoms with Gasteiger partial charge in [-0.1, -0.05) is 30.3 Å². The van der Waals surface area contributed by atoms with E-state index in [9.17, 15) is 4.79 Å². The van der Waals surface area contributed by atoms with Gasteiger partial charge in [0.1, 0.15) is 5.60 Å². The van der Waals surface area contributed by atoms with E-state index in [2.05, 4.69) is 5.32 Å². The van der Waals surface area contributed by atoms with Crippen molar-refractivity contribution in [3.8, 4) is 0 Å². The Balaban J connectivity index is 1.91. The van der Waals surface area contributed by atoms with Crippen LogP contribution in [0.15, 0.2) is 36.4 Å². The molecule has 20 heavy (non-hydrogen) atoms. The Bertz CT molecular complexity index is 459. The van der Waals surface area contributed by atoms with E-state index in [0.717, 1.165) is 31.5 Å². The summed E-state index contributed by atoms with van der Waals surface area (Å²) in [6.07, 6.45) is 5.42. The van der Waals surface area contributed by atoms with Gasteiger partial charge in [0.25, 0.3) is 0 Å². The fraction of sp³-hybridized carbons (Fsp3) is 0.471. The highest BCUT2D eigenvalue weighted by Crippen LogP contribution is 2.29. The average Bonchev–Trinajstić information content (AvgIpc) is 2.47. The number of carbonyl (C=O) groups excluding carboxylic acids is 1. The number of benzene rings is 1. The van der Waals surface area contributed by atoms with Crippen molar-refractivity contribution in [2.75, 3.05) is 13.1 Å². The van der Waals surface area contributed by atoms with Gasteiger partial charge in [0.15, 0.2) is 0 Å². The molecule has 1 aliphatic heterocycles. The Kier molecular flexibility index (Phi) is 4.96. The van der Waals surface area contributed by atoms with Crippen molar-refractivity contribution in [3.05, 3.63) is 42.0 Å². The molecule has 1 aliphatic rings. The number of hydrogen-bond donors (Lipinski definition) is 1. The molecule has 1 heterocycles. The van der Waals surface area contributed by atoms with Gasteiger partial charge in [0.05, 0.1) is 0 Å². The van der Waals surface area contributed by atoms with Crippen LogP contribution in [0, 0.1) is 5.92 Å². The molecule has 0 amide bonds. The van der Waals surface area contributed by atoms with Gasteiger partial charge >= 0.3 is 5.97 Å². The molecule has 0 aliphatic carbocycles. The summed E-state index contributed by atoms with van der Waals surface area (Å²) in [6.45, 7) is 6.03. The van der Waals surface area contributed by atoms with Gasteiger partial charge in [-0.15, -0.1) is 0 Å². The van der Waals surface area contributed by atoms with Gasteiger partial charge in [-0.2, -0.15) is 0 Å². The molecule has 1 aromatic carbocycles. The Morgan fingerprint density at radius 2 is 1.90 bits per heavy atom. The molecule has 3 heteroatoms. The van der Waals surface area contributed by atoms with Crippen LogP contribution in [0.4, 0.5) is 0 Å². The maximum absolute atomic E-state index is 11.9. The molecule has 1 saturated heterocycles. The van der Waals surface area contributed by atoms with E-state index in [4.69, 9.17) is 4.74 Å². The monoisotopic (exact) mass is 273 g/mol. The van der Waals surface area contributed by atoms with Crippen LogP contribution in [0.1, 0.15) is 32.3 Å². The highest BCUT2D eigenvalue weighted by Gasteiger charge is 2.33. The Hall–Kier alpha value is -1.61. The molecular formula is C17H23NO2. The maximum Gasteiger partial charge on any atom is 0.331 e. The van der Waals surface area contributed by atoms with E-state index >= 15 is 0 Å². The smallest absolute Gasteiger partial charge is 0.331 e. The van der Waals surface area contributed by atoms with Gasteiger partial charge in [-0.25, -0.2) is 4.79 Å². The molecule has 0 atom stereocenters. The van der Waals surface area contributed by atoms with Crippen molar-refractivity contribution < 1.29 is 9.53 Å². The lowest BCUT2D eigenvalue weighted by Crippen LogP contribution is -2.42. The zero-order valence-electron chi connectivity index (χ0n) is 12.3. The van der Waals surface area contributed by atoms with Crippen molar-refractivity contribution in [3.63, 3.8) is 0 Å². The number of hydrogen-bond acceptors (Lipinski definition) is 3. The van der Waals surface area contributed by atoms with Crippen molar-refractivity contribution in [2.24, 2.45) is 5.92 Å². The highest BCUT2D eigenvalue weighted by molar-refractivity contribution is 5.87. The second-order valence-corrected chi connectivity index (χ2v) is 5.79. The standard InChI is InChI=1S/C17H23NO2/c1-17(2,15-10-12-18-13-11-15)20-16(19)9-8-14-6-4-3-5-7-14/h3-9,15,18H,10-13H2,1-2H3/b9-8+. The van der Waals surface area contributed by atoms with Crippen LogP contribution in [0.5, 0.6) is 0 Å². The summed E-state index contributed by atoms with van der Waals surface area (Å²) < 4.78 is 5.65. The van der Waals surface area contributed by atoms with Crippen LogP contribution in [-0.2, 0) is 9.53 Å². The molecule has 3 nitrogen and oxygen atoms in total. The van der Waals surface area contributed by atoms with E-state index in [-0.39, 0.29) is 5.97 Å². The lowest BCUT2D eigenvalue weighted by atomic mass is 9.83. The van der Waals surface area contributed by atoms with Crippen LogP contribution in [0.25, 0.3) is 6.08 Å². The number of piperidine rings is 1. The van der Waals surface area contributed by atoms with Gasteiger partial charge in [-0.05, 0) is 51.4 Å². The lowest BCUT2D eigenvalue weighted by molar-refractivity contribution is -0.156. The van der Waals surface area contributed by atoms with Crippen LogP contribution in [0.3, 0.4) is 0 Å². The van der Waals surface area contributed by atoms with Crippen molar-refractivity contribution in [1.82, 2.24) is 5.32 Å². The second-order valence-electron chi connectivity index (χ2n) is 5.79. The van der Waals surface area contributed by atoms with Crippen LogP contribution in [0.2, 0.25) is 0 Å². The van der Waals surface area contributed by atoms with E-state index in [1.807, 2.05) is 44.2 Å². The van der Waals surface area contributed by atoms with Crippen molar-refractivity contribution in [2.45, 2.75) is 32.3 Å². The van der Waals surface area contributed by atoms with Crippen LogP contribution < -0.4 is 5.32 Å². The Morgan fingerprint density at radius 3 is 2.55 bits per heavy atom. The molecule has 108 valence electrons. The summed E-state index contributed by atoms with van der Waals surface area (Å²) in [4.78, 5) is 11.9. The summed E-state index contributed by atoms with van der Waals surface area (Å²) in [5, 5.41) is 3.33. The summed E-state index contributed by atoms with van der Waals surface area (Å²) in [7, 11) is 0. The van der Waals surface area contributed by atoms with Gasteiger partial charge in [0.2, 0.25) is 0 Å². The fourth-order valence-electron chi connectivity index (χ4n) is 2.62. The SMILES string of the molecule is CC(C)(OC(=O)/C=C/c1ccccc1)C1CCNCC1. The highest BCUT2D eigenvalue weighted by atomic mass is 16.6. The first kappa shape index (κ1) is 14.8. The molecule has 1 N–H and O–H groups in total. The van der Waals surface area contributed by atoms with Crippen LogP contribution in [-0.4, -0.2) is 24.7 Å². The van der Waals surface area contributed by atoms with E-state index in [1.54, 1.807) is 6.08 Å². The normalized spacial score (nSPS) is 17.3. The number of ether oxygens (including phenoxy) is 1. The number of nitrogens with one attached hydrogen (secondary N) is 1. The zero-order chi connectivity index (χ0) is 14.4. The quantitative estimate of drug-likeness (QED) is 0.677. The molecule has 0 spiro atoms. The second kappa shape index (κ2) is 6.71. The van der Waals surface area contributed by atoms with Crippen molar-refractivity contribution >= 4 is 12.0 Å². The topological polar surface area (TPSA) is 38.3 Å². The molecule has 1 fully saturated rings. The third-order valence-electron chi connectivity index (χ3n) is 3.90. The Morgan fingerprint density at radius 1 is 1.25 bits per heavy atom. The molecule has 0 saturated carbocycles. The summed E-state index contributed by atoms with van der Waals surface area (Å²) in [5.41, 5.74) is 0.601. The van der Waals surface area contributed by atoms with E-state index in [0.29, 0.717) is 5.92 Å². The predicted octanol–water partition coefficient (Wildman–Crippen LogP) is 3.02. The molecule has 0 unspecified atom stereocenters. The minimum atomic E-state index is -0.403. The average molecular weight is 273 g/mol. The first-order chi connectivity index (χ1) is 9.58. The minimum absolute atomic E-state index is 0.266. The first-order valence-electron chi connectivity index (χ1n) is 7.25. The predicted molar refractivity (Wildman–Crippen MR) is 81.2 cm³/mol. The van der Waals surface area contributed by atoms with Crippen molar-refractivity contribution in [1.29, 1.82) is 0 Å². The van der Waals surface area contributed by atoms with Gasteiger partial charge in [0, 0.05) is 12.0 Å². The third-order valence-corrected chi connectivity index (χ3v) is 3.90. The lowest BCUT2D eigenvalue weighted by Gasteiger charge is -2.36. The molecule has 0 bridgehead atoms. The summed E-state index contributed by atoms with van der Waals surface area (Å²) in [6, 6.07) is 9.77. The zero-order valence-corrected chi connectivity index (χ0v) is 12.3. The van der Waals surface area contributed by atoms with Crippen LogP contribution >= 0.6 is 0 Å². The van der Waals surface area contributed by atoms with E-state index in [1.165, 1.54) is 6.08 Å². The molecule has 2 rings (SSSR count). The largest absolute Gasteiger partial charge is 0.456 e. The number of carbonyl (C=O) groups is 1. The third kappa shape index (κ3) is 4.20.